The van der Waals surface area contributed by atoms with Gasteiger partial charge in [0.15, 0.2) is 0 Å². The van der Waals surface area contributed by atoms with Gasteiger partial charge in [-0.3, -0.25) is 0 Å². The van der Waals surface area contributed by atoms with Crippen LogP contribution < -0.4 is 0 Å². The number of benzene rings is 1. The molecule has 0 nitrogen and oxygen atoms in total. The lowest BCUT2D eigenvalue weighted by Gasteiger charge is -2.48. The molecule has 160 valence electrons. The predicted octanol–water partition coefficient (Wildman–Crippen LogP) is 8.52. The van der Waals surface area contributed by atoms with E-state index in [-0.39, 0.29) is 0 Å². The standard InChI is InChI=1S/C28H44Si/c1-19-17-22-13-8-9-14-24(22)27(19)29(3,4)28-20(2)18-26-23(15-10-16-25(26)28)21-11-6-5-7-12-21/h5-7,11-12,19-20,22-28H,8-10,13-18H2,1-4H3. The van der Waals surface area contributed by atoms with Crippen LogP contribution in [0.3, 0.4) is 0 Å². The monoisotopic (exact) mass is 408 g/mol. The summed E-state index contributed by atoms with van der Waals surface area (Å²) < 4.78 is 0. The van der Waals surface area contributed by atoms with Gasteiger partial charge in [0.05, 0.1) is 8.07 Å². The molecule has 0 bridgehead atoms. The highest BCUT2D eigenvalue weighted by atomic mass is 28.3. The van der Waals surface area contributed by atoms with Crippen molar-refractivity contribution in [3.63, 3.8) is 0 Å². The Balaban J connectivity index is 1.43. The highest BCUT2D eigenvalue weighted by Gasteiger charge is 2.58. The molecule has 0 aliphatic heterocycles. The topological polar surface area (TPSA) is 0 Å². The van der Waals surface area contributed by atoms with Gasteiger partial charge in [0.2, 0.25) is 0 Å². The summed E-state index contributed by atoms with van der Waals surface area (Å²) in [6.45, 7) is 11.0. The van der Waals surface area contributed by atoms with Crippen LogP contribution >= 0.6 is 0 Å². The fourth-order valence-corrected chi connectivity index (χ4v) is 16.7. The lowest BCUT2D eigenvalue weighted by atomic mass is 9.71. The number of fused-ring (bicyclic) bond motifs is 2. The summed E-state index contributed by atoms with van der Waals surface area (Å²) in [5, 5.41) is 0. The summed E-state index contributed by atoms with van der Waals surface area (Å²) in [4.78, 5) is 0. The predicted molar refractivity (Wildman–Crippen MR) is 128 cm³/mol. The van der Waals surface area contributed by atoms with E-state index < -0.39 is 8.07 Å². The SMILES string of the molecule is CC1CC2CCCCC2C1[Si](C)(C)C1C(C)CC2C(c3ccccc3)CCCC21. The van der Waals surface area contributed by atoms with E-state index in [1.54, 1.807) is 24.8 Å². The smallest absolute Gasteiger partial charge is 0.0546 e. The Labute approximate surface area is 181 Å². The zero-order valence-electron chi connectivity index (χ0n) is 19.4. The van der Waals surface area contributed by atoms with Crippen LogP contribution in [-0.4, -0.2) is 8.07 Å². The quantitative estimate of drug-likeness (QED) is 0.440. The minimum Gasteiger partial charge on any atom is -0.0689 e. The fourth-order valence-electron chi connectivity index (χ4n) is 10.0. The molecule has 0 N–H and O–H groups in total. The van der Waals surface area contributed by atoms with Crippen molar-refractivity contribution in [2.24, 2.45) is 35.5 Å². The Hall–Kier alpha value is -0.563. The molecule has 29 heavy (non-hydrogen) atoms. The summed E-state index contributed by atoms with van der Waals surface area (Å²) in [6, 6.07) is 11.6. The van der Waals surface area contributed by atoms with E-state index in [4.69, 9.17) is 0 Å². The van der Waals surface area contributed by atoms with Crippen LogP contribution in [0.15, 0.2) is 30.3 Å². The maximum absolute atomic E-state index is 2.86. The maximum atomic E-state index is 2.86. The van der Waals surface area contributed by atoms with Gasteiger partial charge in [-0.05, 0) is 77.3 Å². The van der Waals surface area contributed by atoms with Crippen LogP contribution in [0.4, 0.5) is 0 Å². The van der Waals surface area contributed by atoms with Crippen LogP contribution in [-0.2, 0) is 0 Å². The van der Waals surface area contributed by atoms with Crippen molar-refractivity contribution in [1.82, 2.24) is 0 Å². The van der Waals surface area contributed by atoms with E-state index >= 15 is 0 Å². The van der Waals surface area contributed by atoms with Crippen molar-refractivity contribution >= 4 is 8.07 Å². The molecule has 5 rings (SSSR count). The number of rotatable bonds is 3. The first-order valence-corrected chi connectivity index (χ1v) is 16.2. The molecule has 0 amide bonds. The van der Waals surface area contributed by atoms with Crippen molar-refractivity contribution in [1.29, 1.82) is 0 Å². The van der Waals surface area contributed by atoms with Gasteiger partial charge in [0.25, 0.3) is 0 Å². The van der Waals surface area contributed by atoms with Crippen molar-refractivity contribution in [3.05, 3.63) is 35.9 Å². The molecule has 4 saturated carbocycles. The second kappa shape index (κ2) is 7.85. The van der Waals surface area contributed by atoms with E-state index in [9.17, 15) is 0 Å². The van der Waals surface area contributed by atoms with Gasteiger partial charge in [0.1, 0.15) is 0 Å². The minimum absolute atomic E-state index is 0.843. The molecule has 0 aromatic heterocycles. The normalized spacial score (nSPS) is 45.0. The second-order valence-corrected chi connectivity index (χ2v) is 17.3. The summed E-state index contributed by atoms with van der Waals surface area (Å²) in [5.74, 6) is 7.00. The van der Waals surface area contributed by atoms with E-state index in [2.05, 4.69) is 57.3 Å². The van der Waals surface area contributed by atoms with Gasteiger partial charge in [-0.15, -0.1) is 0 Å². The first kappa shape index (κ1) is 20.3. The average molecular weight is 409 g/mol. The van der Waals surface area contributed by atoms with Crippen molar-refractivity contribution in [2.45, 2.75) is 102 Å². The Morgan fingerprint density at radius 2 is 1.34 bits per heavy atom. The molecule has 0 spiro atoms. The first-order valence-electron chi connectivity index (χ1n) is 13.0. The molecule has 1 aromatic carbocycles. The molecule has 0 saturated heterocycles. The Bertz CT molecular complexity index is 694. The van der Waals surface area contributed by atoms with Crippen LogP contribution in [0.2, 0.25) is 24.2 Å². The zero-order valence-corrected chi connectivity index (χ0v) is 20.4. The summed E-state index contributed by atoms with van der Waals surface area (Å²) in [7, 11) is -1.31. The van der Waals surface area contributed by atoms with Crippen LogP contribution in [0.1, 0.15) is 83.1 Å². The Kier molecular flexibility index (Phi) is 5.50. The summed E-state index contributed by atoms with van der Waals surface area (Å²) >= 11 is 0. The highest BCUT2D eigenvalue weighted by molar-refractivity contribution is 6.80. The van der Waals surface area contributed by atoms with Gasteiger partial charge in [-0.25, -0.2) is 0 Å². The van der Waals surface area contributed by atoms with Gasteiger partial charge in [-0.1, -0.05) is 95.8 Å². The molecule has 1 aromatic rings. The number of hydrogen-bond donors (Lipinski definition) is 0. The van der Waals surface area contributed by atoms with E-state index in [0.717, 1.165) is 52.5 Å². The van der Waals surface area contributed by atoms with Crippen LogP contribution in [0.25, 0.3) is 0 Å². The molecule has 4 fully saturated rings. The van der Waals surface area contributed by atoms with Crippen molar-refractivity contribution < 1.29 is 0 Å². The largest absolute Gasteiger partial charge is 0.0689 e. The van der Waals surface area contributed by atoms with Crippen LogP contribution in [0, 0.1) is 35.5 Å². The molecule has 4 aliphatic rings. The van der Waals surface area contributed by atoms with E-state index in [1.807, 2.05) is 0 Å². The number of hydrogen-bond acceptors (Lipinski definition) is 0. The van der Waals surface area contributed by atoms with Gasteiger partial charge < -0.3 is 0 Å². The average Bonchev–Trinajstić information content (AvgIpc) is 3.24. The van der Waals surface area contributed by atoms with Crippen molar-refractivity contribution in [3.8, 4) is 0 Å². The second-order valence-electron chi connectivity index (χ2n) is 12.3. The van der Waals surface area contributed by atoms with Gasteiger partial charge >= 0.3 is 0 Å². The molecule has 9 unspecified atom stereocenters. The van der Waals surface area contributed by atoms with Gasteiger partial charge in [0, 0.05) is 0 Å². The highest BCUT2D eigenvalue weighted by Crippen LogP contribution is 2.65. The fraction of sp³-hybridized carbons (Fsp3) is 0.786. The molecule has 0 radical (unpaired) electrons. The zero-order chi connectivity index (χ0) is 20.2. The van der Waals surface area contributed by atoms with Crippen molar-refractivity contribution in [2.75, 3.05) is 0 Å². The molecular formula is C28H44Si. The minimum atomic E-state index is -1.31. The van der Waals surface area contributed by atoms with Gasteiger partial charge in [-0.2, -0.15) is 0 Å². The third-order valence-corrected chi connectivity index (χ3v) is 15.9. The first-order chi connectivity index (χ1) is 14.0. The van der Waals surface area contributed by atoms with E-state index in [1.165, 1.54) is 38.5 Å². The maximum Gasteiger partial charge on any atom is 0.0546 e. The Morgan fingerprint density at radius 3 is 2.14 bits per heavy atom. The molecule has 4 aliphatic carbocycles. The molecular weight excluding hydrogens is 364 g/mol. The third-order valence-electron chi connectivity index (χ3n) is 10.5. The molecule has 1 heteroatoms. The van der Waals surface area contributed by atoms with E-state index in [0.29, 0.717) is 0 Å². The molecule has 0 heterocycles. The summed E-state index contributed by atoms with van der Waals surface area (Å²) in [5.41, 5.74) is 3.83. The summed E-state index contributed by atoms with van der Waals surface area (Å²) in [6.07, 6.45) is 13.7. The molecule has 9 atom stereocenters. The van der Waals surface area contributed by atoms with Crippen LogP contribution in [0.5, 0.6) is 0 Å². The lowest BCUT2D eigenvalue weighted by Crippen LogP contribution is -2.46. The third kappa shape index (κ3) is 3.38. The Morgan fingerprint density at radius 1 is 0.690 bits per heavy atom. The lowest BCUT2D eigenvalue weighted by molar-refractivity contribution is 0.233.